The second-order valence-corrected chi connectivity index (χ2v) is 3.19. The minimum absolute atomic E-state index is 0.112. The Hall–Kier alpha value is -1.61. The number of hydrogen-bond donors (Lipinski definition) is 1. The molecule has 0 saturated heterocycles. The maximum Gasteiger partial charge on any atom is 0.270 e. The highest BCUT2D eigenvalue weighted by molar-refractivity contribution is 6.31. The molecule has 1 rings (SSSR count). The van der Waals surface area contributed by atoms with Crippen molar-refractivity contribution in [3.63, 3.8) is 0 Å². The molecule has 78 valence electrons. The van der Waals surface area contributed by atoms with Crippen LogP contribution in [0.1, 0.15) is 11.7 Å². The van der Waals surface area contributed by atoms with Crippen molar-refractivity contribution in [3.05, 3.63) is 57.3 Å². The van der Waals surface area contributed by atoms with Gasteiger partial charge in [-0.3, -0.25) is 10.1 Å². The highest BCUT2D eigenvalue weighted by Gasteiger charge is 2.13. The fourth-order valence-electron chi connectivity index (χ4n) is 1.07. The van der Waals surface area contributed by atoms with E-state index >= 15 is 0 Å². The average molecular weight is 226 g/mol. The van der Waals surface area contributed by atoms with E-state index in [-0.39, 0.29) is 10.7 Å². The molecule has 0 amide bonds. The Bertz CT molecular complexity index is 438. The third-order valence-corrected chi connectivity index (χ3v) is 2.12. The van der Waals surface area contributed by atoms with Gasteiger partial charge in [-0.05, 0) is 12.1 Å². The van der Waals surface area contributed by atoms with Gasteiger partial charge in [-0.25, -0.2) is 0 Å². The van der Waals surface area contributed by atoms with Crippen LogP contribution in [0.3, 0.4) is 0 Å². The van der Waals surface area contributed by atoms with Crippen LogP contribution in [-0.4, -0.2) is 10.0 Å². The van der Waals surface area contributed by atoms with Crippen LogP contribution in [-0.2, 0) is 0 Å². The Morgan fingerprint density at radius 3 is 2.80 bits per heavy atom. The van der Waals surface area contributed by atoms with Gasteiger partial charge < -0.3 is 5.11 Å². The molecule has 1 atom stereocenters. The number of nitro groups is 1. The zero-order valence-corrected chi connectivity index (χ0v) is 8.44. The topological polar surface area (TPSA) is 63.4 Å². The predicted molar refractivity (Wildman–Crippen MR) is 56.8 cm³/mol. The molecule has 1 aromatic carbocycles. The summed E-state index contributed by atoms with van der Waals surface area (Å²) in [5.41, 5.74) is 2.69. The van der Waals surface area contributed by atoms with Crippen LogP contribution >= 0.6 is 11.6 Å². The molecule has 1 N–H and O–H groups in total. The minimum Gasteiger partial charge on any atom is -0.384 e. The molecule has 0 aromatic heterocycles. The smallest absolute Gasteiger partial charge is 0.270 e. The SMILES string of the molecule is C=C=CC(O)c1ccc([N+](=O)[O-])cc1Cl. The fourth-order valence-corrected chi connectivity index (χ4v) is 1.36. The molecule has 0 fully saturated rings. The van der Waals surface area contributed by atoms with Crippen molar-refractivity contribution in [1.29, 1.82) is 0 Å². The normalized spacial score (nSPS) is 11.6. The molecular formula is C10H8ClNO3. The van der Waals surface area contributed by atoms with Crippen molar-refractivity contribution >= 4 is 17.3 Å². The maximum absolute atomic E-state index is 10.4. The monoisotopic (exact) mass is 225 g/mol. The van der Waals surface area contributed by atoms with E-state index in [0.29, 0.717) is 5.56 Å². The zero-order valence-electron chi connectivity index (χ0n) is 7.68. The summed E-state index contributed by atoms with van der Waals surface area (Å²) < 4.78 is 0. The van der Waals surface area contributed by atoms with Crippen molar-refractivity contribution in [2.24, 2.45) is 0 Å². The summed E-state index contributed by atoms with van der Waals surface area (Å²) in [6.07, 6.45) is 0.364. The van der Waals surface area contributed by atoms with E-state index in [4.69, 9.17) is 11.6 Å². The predicted octanol–water partition coefficient (Wildman–Crippen LogP) is 2.62. The molecule has 4 nitrogen and oxygen atoms in total. The van der Waals surface area contributed by atoms with Gasteiger partial charge in [0.1, 0.15) is 6.10 Å². The summed E-state index contributed by atoms with van der Waals surface area (Å²) in [6, 6.07) is 3.87. The number of aliphatic hydroxyl groups excluding tert-OH is 1. The number of benzene rings is 1. The van der Waals surface area contributed by atoms with Crippen molar-refractivity contribution in [3.8, 4) is 0 Å². The van der Waals surface area contributed by atoms with Gasteiger partial charge in [0, 0.05) is 17.7 Å². The molecule has 0 saturated carbocycles. The first-order valence-electron chi connectivity index (χ1n) is 4.04. The molecule has 0 heterocycles. The number of rotatable bonds is 3. The number of hydrogen-bond acceptors (Lipinski definition) is 3. The van der Waals surface area contributed by atoms with Crippen molar-refractivity contribution < 1.29 is 10.0 Å². The number of nitro benzene ring substituents is 1. The molecule has 0 spiro atoms. The van der Waals surface area contributed by atoms with Crippen LogP contribution in [0, 0.1) is 10.1 Å². The number of aliphatic hydroxyl groups is 1. The molecule has 1 unspecified atom stereocenters. The number of non-ortho nitro benzene ring substituents is 1. The first-order chi connectivity index (χ1) is 7.06. The summed E-state index contributed by atoms with van der Waals surface area (Å²) in [6.45, 7) is 3.31. The van der Waals surface area contributed by atoms with Gasteiger partial charge in [0.05, 0.1) is 9.95 Å². The van der Waals surface area contributed by atoms with Crippen LogP contribution in [0.2, 0.25) is 5.02 Å². The van der Waals surface area contributed by atoms with Crippen LogP contribution in [0.15, 0.2) is 36.6 Å². The van der Waals surface area contributed by atoms with Crippen molar-refractivity contribution in [2.75, 3.05) is 0 Å². The maximum atomic E-state index is 10.4. The lowest BCUT2D eigenvalue weighted by Gasteiger charge is -2.06. The third-order valence-electron chi connectivity index (χ3n) is 1.79. The van der Waals surface area contributed by atoms with Gasteiger partial charge >= 0.3 is 0 Å². The third kappa shape index (κ3) is 2.67. The molecule has 1 aromatic rings. The van der Waals surface area contributed by atoms with Crippen molar-refractivity contribution in [1.82, 2.24) is 0 Å². The van der Waals surface area contributed by atoms with Crippen LogP contribution in [0.5, 0.6) is 0 Å². The fraction of sp³-hybridized carbons (Fsp3) is 0.100. The summed E-state index contributed by atoms with van der Waals surface area (Å²) in [5, 5.41) is 20.1. The molecule has 0 aliphatic carbocycles. The van der Waals surface area contributed by atoms with Gasteiger partial charge in [-0.15, -0.1) is 5.73 Å². The lowest BCUT2D eigenvalue weighted by molar-refractivity contribution is -0.384. The van der Waals surface area contributed by atoms with Crippen LogP contribution in [0.4, 0.5) is 5.69 Å². The average Bonchev–Trinajstić information content (AvgIpc) is 2.17. The minimum atomic E-state index is -0.948. The first kappa shape index (κ1) is 11.5. The van der Waals surface area contributed by atoms with Gasteiger partial charge in [0.2, 0.25) is 0 Å². The Morgan fingerprint density at radius 1 is 1.67 bits per heavy atom. The Balaban J connectivity index is 3.13. The number of halogens is 1. The first-order valence-corrected chi connectivity index (χ1v) is 4.42. The summed E-state index contributed by atoms with van der Waals surface area (Å²) >= 11 is 5.77. The second-order valence-electron chi connectivity index (χ2n) is 2.78. The van der Waals surface area contributed by atoms with Gasteiger partial charge in [-0.2, -0.15) is 0 Å². The summed E-state index contributed by atoms with van der Waals surface area (Å²) in [7, 11) is 0. The molecule has 15 heavy (non-hydrogen) atoms. The standard InChI is InChI=1S/C10H8ClNO3/c1-2-3-10(13)8-5-4-7(12(14)15)6-9(8)11/h3-6,10,13H,1H2. The summed E-state index contributed by atoms with van der Waals surface area (Å²) in [4.78, 5) is 9.86. The molecule has 0 radical (unpaired) electrons. The quantitative estimate of drug-likeness (QED) is 0.489. The van der Waals surface area contributed by atoms with Gasteiger partial charge in [-0.1, -0.05) is 18.2 Å². The van der Waals surface area contributed by atoms with E-state index in [2.05, 4.69) is 12.3 Å². The highest BCUT2D eigenvalue weighted by atomic mass is 35.5. The Labute approximate surface area is 91.3 Å². The van der Waals surface area contributed by atoms with Crippen LogP contribution < -0.4 is 0 Å². The van der Waals surface area contributed by atoms with E-state index in [1.807, 2.05) is 0 Å². The van der Waals surface area contributed by atoms with Gasteiger partial charge in [0.25, 0.3) is 5.69 Å². The van der Waals surface area contributed by atoms with E-state index < -0.39 is 11.0 Å². The Morgan fingerprint density at radius 2 is 2.33 bits per heavy atom. The summed E-state index contributed by atoms with van der Waals surface area (Å²) in [5.74, 6) is 0. The zero-order chi connectivity index (χ0) is 11.4. The van der Waals surface area contributed by atoms with E-state index in [0.717, 1.165) is 0 Å². The molecule has 0 bridgehead atoms. The molecule has 0 aliphatic rings. The molecular weight excluding hydrogens is 218 g/mol. The van der Waals surface area contributed by atoms with Gasteiger partial charge in [0.15, 0.2) is 0 Å². The van der Waals surface area contributed by atoms with Crippen molar-refractivity contribution in [2.45, 2.75) is 6.10 Å². The molecule has 5 heteroatoms. The lowest BCUT2D eigenvalue weighted by Crippen LogP contribution is -1.95. The van der Waals surface area contributed by atoms with E-state index in [9.17, 15) is 15.2 Å². The Kier molecular flexibility index (Phi) is 3.63. The second kappa shape index (κ2) is 4.75. The largest absolute Gasteiger partial charge is 0.384 e. The van der Waals surface area contributed by atoms with Crippen LogP contribution in [0.25, 0.3) is 0 Å². The molecule has 0 aliphatic heterocycles. The lowest BCUT2D eigenvalue weighted by atomic mass is 10.1. The number of nitrogens with zero attached hydrogens (tertiary/aromatic N) is 1. The highest BCUT2D eigenvalue weighted by Crippen LogP contribution is 2.27. The van der Waals surface area contributed by atoms with E-state index in [1.54, 1.807) is 0 Å². The van der Waals surface area contributed by atoms with E-state index in [1.165, 1.54) is 24.3 Å².